The summed E-state index contributed by atoms with van der Waals surface area (Å²) >= 11 is 0. The van der Waals surface area contributed by atoms with Crippen LogP contribution in [0.2, 0.25) is 0 Å². The van der Waals surface area contributed by atoms with Crippen molar-refractivity contribution >= 4 is 10.0 Å². The zero-order valence-corrected chi connectivity index (χ0v) is 18.0. The van der Waals surface area contributed by atoms with Gasteiger partial charge in [-0.3, -0.25) is 4.57 Å². The Balaban J connectivity index is 1.67. The number of primary sulfonamides is 1. The Bertz CT molecular complexity index is 1300. The quantitative estimate of drug-likeness (QED) is 0.475. The van der Waals surface area contributed by atoms with Crippen LogP contribution in [0.5, 0.6) is 11.8 Å². The van der Waals surface area contributed by atoms with Gasteiger partial charge in [0, 0.05) is 36.6 Å². The summed E-state index contributed by atoms with van der Waals surface area (Å²) in [5.41, 5.74) is 1.52. The lowest BCUT2D eigenvalue weighted by Crippen LogP contribution is -2.17. The largest absolute Gasteiger partial charge is 0.424 e. The Morgan fingerprint density at radius 1 is 1.03 bits per heavy atom. The van der Waals surface area contributed by atoms with Crippen molar-refractivity contribution < 1.29 is 13.2 Å². The second-order valence-electron chi connectivity index (χ2n) is 7.08. The third-order valence-corrected chi connectivity index (χ3v) is 6.06. The Labute approximate surface area is 181 Å². The van der Waals surface area contributed by atoms with Gasteiger partial charge in [0.05, 0.1) is 4.90 Å². The number of hydrogen-bond donors (Lipinski definition) is 1. The molecule has 2 aromatic heterocycles. The molecule has 0 saturated heterocycles. The second-order valence-corrected chi connectivity index (χ2v) is 8.61. The van der Waals surface area contributed by atoms with Crippen molar-refractivity contribution in [2.45, 2.75) is 31.2 Å². The molecule has 0 unspecified atom stereocenters. The monoisotopic (exact) mass is 437 g/mol. The van der Waals surface area contributed by atoms with Crippen molar-refractivity contribution in [3.63, 3.8) is 0 Å². The van der Waals surface area contributed by atoms with Crippen LogP contribution in [0.1, 0.15) is 31.2 Å². The molecule has 0 radical (unpaired) electrons. The first kappa shape index (κ1) is 20.8. The highest BCUT2D eigenvalue weighted by atomic mass is 32.2. The molecule has 2 aromatic carbocycles. The Morgan fingerprint density at radius 2 is 1.77 bits per heavy atom. The lowest BCUT2D eigenvalue weighted by molar-refractivity contribution is 0.410. The number of aromatic nitrogens is 4. The molecule has 160 valence electrons. The molecule has 4 rings (SSSR count). The van der Waals surface area contributed by atoms with Gasteiger partial charge in [-0.05, 0) is 42.8 Å². The van der Waals surface area contributed by atoms with Crippen LogP contribution in [0.15, 0.2) is 78.0 Å². The van der Waals surface area contributed by atoms with Crippen molar-refractivity contribution in [1.82, 2.24) is 19.3 Å². The molecule has 9 heteroatoms. The minimum absolute atomic E-state index is 0.0787. The van der Waals surface area contributed by atoms with Gasteiger partial charge < -0.3 is 9.30 Å². The normalized spacial score (nSPS) is 12.6. The SMILES string of the molecule is CCn1c(Oc2cccc(-n3cccc3)c2)nnc1[C@H](C)c1ccccc1S(N)(=O)=O. The van der Waals surface area contributed by atoms with Crippen molar-refractivity contribution in [3.05, 3.63) is 84.4 Å². The zero-order chi connectivity index (χ0) is 22.0. The lowest BCUT2D eigenvalue weighted by atomic mass is 10.0. The number of benzene rings is 2. The van der Waals surface area contributed by atoms with Gasteiger partial charge in [-0.15, -0.1) is 5.10 Å². The molecule has 0 aliphatic rings. The molecule has 2 heterocycles. The molecule has 0 amide bonds. The smallest absolute Gasteiger partial charge is 0.322 e. The fourth-order valence-electron chi connectivity index (χ4n) is 3.55. The number of ether oxygens (including phenoxy) is 1. The predicted molar refractivity (Wildman–Crippen MR) is 117 cm³/mol. The number of sulfonamides is 1. The first-order valence-corrected chi connectivity index (χ1v) is 11.4. The molecule has 4 aromatic rings. The van der Waals surface area contributed by atoms with Gasteiger partial charge in [-0.2, -0.15) is 0 Å². The maximum atomic E-state index is 12.0. The van der Waals surface area contributed by atoms with E-state index in [0.717, 1.165) is 5.69 Å². The summed E-state index contributed by atoms with van der Waals surface area (Å²) < 4.78 is 33.9. The Kier molecular flexibility index (Phi) is 5.62. The highest BCUT2D eigenvalue weighted by Crippen LogP contribution is 2.31. The van der Waals surface area contributed by atoms with Gasteiger partial charge in [0.2, 0.25) is 10.0 Å². The van der Waals surface area contributed by atoms with Crippen LogP contribution in [-0.2, 0) is 16.6 Å². The fourth-order valence-corrected chi connectivity index (χ4v) is 4.39. The molecule has 2 N–H and O–H groups in total. The van der Waals surface area contributed by atoms with Gasteiger partial charge in [0.1, 0.15) is 11.6 Å². The number of nitrogens with two attached hydrogens (primary N) is 1. The van der Waals surface area contributed by atoms with E-state index in [1.165, 1.54) is 6.07 Å². The summed E-state index contributed by atoms with van der Waals surface area (Å²) in [5.74, 6) is 0.859. The molecular weight excluding hydrogens is 414 g/mol. The summed E-state index contributed by atoms with van der Waals surface area (Å²) in [6.45, 7) is 4.38. The van der Waals surface area contributed by atoms with Crippen LogP contribution in [0.4, 0.5) is 0 Å². The average molecular weight is 438 g/mol. The average Bonchev–Trinajstić information content (AvgIpc) is 3.43. The van der Waals surface area contributed by atoms with Crippen molar-refractivity contribution in [1.29, 1.82) is 0 Å². The van der Waals surface area contributed by atoms with E-state index in [4.69, 9.17) is 9.88 Å². The summed E-state index contributed by atoms with van der Waals surface area (Å²) in [6, 6.07) is 18.5. The van der Waals surface area contributed by atoms with E-state index >= 15 is 0 Å². The molecule has 0 aliphatic carbocycles. The van der Waals surface area contributed by atoms with Gasteiger partial charge in [0.25, 0.3) is 0 Å². The fraction of sp³-hybridized carbons (Fsp3) is 0.182. The summed E-state index contributed by atoms with van der Waals surface area (Å²) in [7, 11) is -3.87. The Hall–Kier alpha value is -3.43. The molecule has 0 bridgehead atoms. The van der Waals surface area contributed by atoms with Crippen molar-refractivity contribution in [2.75, 3.05) is 0 Å². The van der Waals surface area contributed by atoms with Crippen LogP contribution in [0, 0.1) is 0 Å². The van der Waals surface area contributed by atoms with Gasteiger partial charge in [0.15, 0.2) is 0 Å². The molecule has 0 spiro atoms. The maximum Gasteiger partial charge on any atom is 0.322 e. The summed E-state index contributed by atoms with van der Waals surface area (Å²) in [5, 5.41) is 13.9. The zero-order valence-electron chi connectivity index (χ0n) is 17.2. The molecule has 8 nitrogen and oxygen atoms in total. The van der Waals surface area contributed by atoms with E-state index in [0.29, 0.717) is 29.7 Å². The van der Waals surface area contributed by atoms with E-state index in [1.807, 2.05) is 71.8 Å². The molecule has 31 heavy (non-hydrogen) atoms. The second kappa shape index (κ2) is 8.37. The van der Waals surface area contributed by atoms with Crippen LogP contribution in [-0.4, -0.2) is 27.7 Å². The highest BCUT2D eigenvalue weighted by Gasteiger charge is 2.24. The standard InChI is InChI=1S/C22H23N5O3S/c1-3-27-21(16(2)19-11-4-5-12-20(19)31(23,28)29)24-25-22(27)30-18-10-8-9-17(15-18)26-13-6-7-14-26/h4-16H,3H2,1-2H3,(H2,23,28,29)/t16-/m1/s1. The summed E-state index contributed by atoms with van der Waals surface area (Å²) in [4.78, 5) is 0.0787. The number of hydrogen-bond acceptors (Lipinski definition) is 5. The Morgan fingerprint density at radius 3 is 2.48 bits per heavy atom. The third kappa shape index (κ3) is 4.23. The van der Waals surface area contributed by atoms with E-state index < -0.39 is 10.0 Å². The van der Waals surface area contributed by atoms with Crippen LogP contribution in [0.3, 0.4) is 0 Å². The van der Waals surface area contributed by atoms with Crippen LogP contribution >= 0.6 is 0 Å². The maximum absolute atomic E-state index is 12.0. The molecule has 0 saturated carbocycles. The number of rotatable bonds is 7. The third-order valence-electron chi connectivity index (χ3n) is 5.07. The van der Waals surface area contributed by atoms with E-state index in [2.05, 4.69) is 10.2 Å². The van der Waals surface area contributed by atoms with Crippen molar-refractivity contribution in [2.24, 2.45) is 5.14 Å². The van der Waals surface area contributed by atoms with Crippen LogP contribution in [0.25, 0.3) is 5.69 Å². The van der Waals surface area contributed by atoms with E-state index in [-0.39, 0.29) is 10.8 Å². The predicted octanol–water partition coefficient (Wildman–Crippen LogP) is 3.68. The molecule has 0 aliphatic heterocycles. The first-order valence-electron chi connectivity index (χ1n) is 9.84. The minimum atomic E-state index is -3.87. The lowest BCUT2D eigenvalue weighted by Gasteiger charge is -2.16. The topological polar surface area (TPSA) is 105 Å². The highest BCUT2D eigenvalue weighted by molar-refractivity contribution is 7.89. The van der Waals surface area contributed by atoms with Gasteiger partial charge in [-0.25, -0.2) is 13.6 Å². The van der Waals surface area contributed by atoms with Crippen LogP contribution < -0.4 is 9.88 Å². The van der Waals surface area contributed by atoms with Crippen molar-refractivity contribution in [3.8, 4) is 17.4 Å². The number of nitrogens with zero attached hydrogens (tertiary/aromatic N) is 4. The molecule has 1 atom stereocenters. The van der Waals surface area contributed by atoms with E-state index in [1.54, 1.807) is 18.2 Å². The molecular formula is C22H23N5O3S. The molecule has 0 fully saturated rings. The van der Waals surface area contributed by atoms with Gasteiger partial charge in [-0.1, -0.05) is 36.3 Å². The summed E-state index contributed by atoms with van der Waals surface area (Å²) in [6.07, 6.45) is 3.91. The van der Waals surface area contributed by atoms with E-state index in [9.17, 15) is 8.42 Å². The minimum Gasteiger partial charge on any atom is -0.424 e. The van der Waals surface area contributed by atoms with Gasteiger partial charge >= 0.3 is 6.01 Å². The first-order chi connectivity index (χ1) is 14.9.